The quantitative estimate of drug-likeness (QED) is 0.277. The van der Waals surface area contributed by atoms with Crippen molar-refractivity contribution in [1.29, 1.82) is 0 Å². The molecule has 132 valence electrons. The molecule has 0 saturated carbocycles. The van der Waals surface area contributed by atoms with Crippen LogP contribution >= 0.6 is 34.2 Å². The number of halogens is 2. The number of hydrogen-bond acceptors (Lipinski definition) is 5. The van der Waals surface area contributed by atoms with Crippen LogP contribution in [-0.2, 0) is 14.3 Å². The average molecular weight is 482 g/mol. The lowest BCUT2D eigenvalue weighted by Gasteiger charge is -2.02. The van der Waals surface area contributed by atoms with E-state index < -0.39 is 5.97 Å². The van der Waals surface area contributed by atoms with Crippen molar-refractivity contribution in [2.45, 2.75) is 13.3 Å². The molecular formula is C19H13ClINO4. The van der Waals surface area contributed by atoms with Gasteiger partial charge in [0, 0.05) is 9.99 Å². The lowest BCUT2D eigenvalue weighted by Crippen LogP contribution is -2.06. The smallest absolute Gasteiger partial charge is 0.363 e. The van der Waals surface area contributed by atoms with Crippen molar-refractivity contribution >= 4 is 58.1 Å². The number of nitrogens with zero attached hydrogens (tertiary/aromatic N) is 1. The Morgan fingerprint density at radius 3 is 2.69 bits per heavy atom. The predicted molar refractivity (Wildman–Crippen MR) is 107 cm³/mol. The van der Waals surface area contributed by atoms with Crippen molar-refractivity contribution in [1.82, 2.24) is 0 Å². The van der Waals surface area contributed by atoms with Crippen LogP contribution in [-0.4, -0.2) is 17.8 Å². The molecule has 1 aliphatic heterocycles. The Morgan fingerprint density at radius 1 is 1.27 bits per heavy atom. The van der Waals surface area contributed by atoms with Crippen molar-refractivity contribution < 1.29 is 19.1 Å². The Labute approximate surface area is 168 Å². The van der Waals surface area contributed by atoms with Crippen LogP contribution in [0.15, 0.2) is 53.2 Å². The molecule has 2 aromatic carbocycles. The minimum Gasteiger partial charge on any atom is -0.427 e. The Bertz CT molecular complexity index is 935. The number of ether oxygens (including phenoxy) is 2. The molecule has 7 heteroatoms. The standard InChI is InChI=1S/C19H13ClINO4/c1-2-17(23)25-13-6-3-11(4-7-13)9-16-19(24)26-18(22-16)14-10-12(21)5-8-15(14)20/h3-10H,2H2,1H3/b16-9-. The van der Waals surface area contributed by atoms with Gasteiger partial charge in [0.2, 0.25) is 5.90 Å². The van der Waals surface area contributed by atoms with Gasteiger partial charge in [-0.3, -0.25) is 4.79 Å². The summed E-state index contributed by atoms with van der Waals surface area (Å²) in [4.78, 5) is 27.6. The van der Waals surface area contributed by atoms with Gasteiger partial charge < -0.3 is 9.47 Å². The molecule has 0 unspecified atom stereocenters. The molecule has 3 rings (SSSR count). The summed E-state index contributed by atoms with van der Waals surface area (Å²) in [5.74, 6) is -0.225. The minimum absolute atomic E-state index is 0.174. The first-order valence-electron chi connectivity index (χ1n) is 7.75. The fourth-order valence-electron chi connectivity index (χ4n) is 2.18. The summed E-state index contributed by atoms with van der Waals surface area (Å²) < 4.78 is 11.3. The van der Waals surface area contributed by atoms with E-state index in [4.69, 9.17) is 21.1 Å². The van der Waals surface area contributed by atoms with E-state index in [1.54, 1.807) is 49.4 Å². The topological polar surface area (TPSA) is 65.0 Å². The molecule has 0 N–H and O–H groups in total. The molecule has 0 aliphatic carbocycles. The first-order valence-corrected chi connectivity index (χ1v) is 9.20. The number of carbonyl (C=O) groups is 2. The molecular weight excluding hydrogens is 469 g/mol. The van der Waals surface area contributed by atoms with Crippen molar-refractivity contribution in [3.8, 4) is 5.75 Å². The molecule has 0 aromatic heterocycles. The Balaban J connectivity index is 1.84. The highest BCUT2D eigenvalue weighted by atomic mass is 127. The third-order valence-electron chi connectivity index (χ3n) is 3.48. The first-order chi connectivity index (χ1) is 12.5. The van der Waals surface area contributed by atoms with Crippen LogP contribution in [0.4, 0.5) is 0 Å². The maximum absolute atomic E-state index is 12.1. The Hall–Kier alpha value is -2.19. The van der Waals surface area contributed by atoms with Gasteiger partial charge in [-0.1, -0.05) is 30.7 Å². The summed E-state index contributed by atoms with van der Waals surface area (Å²) >= 11 is 8.31. The van der Waals surface area contributed by atoms with Gasteiger partial charge in [-0.15, -0.1) is 0 Å². The van der Waals surface area contributed by atoms with Crippen molar-refractivity contribution in [3.63, 3.8) is 0 Å². The third-order valence-corrected chi connectivity index (χ3v) is 4.48. The van der Waals surface area contributed by atoms with Gasteiger partial charge in [0.15, 0.2) is 5.70 Å². The summed E-state index contributed by atoms with van der Waals surface area (Å²) in [6, 6.07) is 12.1. The van der Waals surface area contributed by atoms with Gasteiger partial charge >= 0.3 is 11.9 Å². The van der Waals surface area contributed by atoms with E-state index in [1.807, 2.05) is 6.07 Å². The molecule has 26 heavy (non-hydrogen) atoms. The third kappa shape index (κ3) is 4.31. The molecule has 0 spiro atoms. The van der Waals surface area contributed by atoms with Gasteiger partial charge in [0.1, 0.15) is 5.75 Å². The van der Waals surface area contributed by atoms with E-state index in [-0.39, 0.29) is 17.6 Å². The number of carbonyl (C=O) groups excluding carboxylic acids is 2. The molecule has 1 heterocycles. The van der Waals surface area contributed by atoms with Crippen LogP contribution in [0.25, 0.3) is 6.08 Å². The zero-order valence-electron chi connectivity index (χ0n) is 13.7. The average Bonchev–Trinajstić information content (AvgIpc) is 2.99. The number of benzene rings is 2. The summed E-state index contributed by atoms with van der Waals surface area (Å²) in [5.41, 5.74) is 1.47. The predicted octanol–water partition coefficient (Wildman–Crippen LogP) is 4.60. The molecule has 0 fully saturated rings. The summed E-state index contributed by atoms with van der Waals surface area (Å²) in [5, 5.41) is 0.459. The second-order valence-electron chi connectivity index (χ2n) is 5.36. The highest BCUT2D eigenvalue weighted by Gasteiger charge is 2.25. The lowest BCUT2D eigenvalue weighted by molar-refractivity contribution is -0.134. The van der Waals surface area contributed by atoms with Crippen LogP contribution in [0.1, 0.15) is 24.5 Å². The van der Waals surface area contributed by atoms with E-state index in [0.717, 1.165) is 9.13 Å². The molecule has 0 bridgehead atoms. The summed E-state index contributed by atoms with van der Waals surface area (Å²) in [7, 11) is 0. The lowest BCUT2D eigenvalue weighted by atomic mass is 10.2. The van der Waals surface area contributed by atoms with Crippen LogP contribution in [0, 0.1) is 3.57 Å². The number of esters is 2. The zero-order valence-corrected chi connectivity index (χ0v) is 16.6. The molecule has 0 amide bonds. The maximum atomic E-state index is 12.1. The van der Waals surface area contributed by atoms with E-state index in [9.17, 15) is 9.59 Å². The largest absolute Gasteiger partial charge is 0.427 e. The molecule has 0 saturated heterocycles. The highest BCUT2D eigenvalue weighted by molar-refractivity contribution is 14.1. The van der Waals surface area contributed by atoms with Crippen LogP contribution in [0.5, 0.6) is 5.75 Å². The molecule has 2 aromatic rings. The summed E-state index contributed by atoms with van der Waals surface area (Å²) in [6.45, 7) is 1.72. The minimum atomic E-state index is -0.545. The fraction of sp³-hybridized carbons (Fsp3) is 0.105. The number of aliphatic imine (C=N–C) groups is 1. The van der Waals surface area contributed by atoms with Gasteiger partial charge in [-0.25, -0.2) is 9.79 Å². The summed E-state index contributed by atoms with van der Waals surface area (Å²) in [6.07, 6.45) is 1.90. The van der Waals surface area contributed by atoms with E-state index in [0.29, 0.717) is 22.8 Å². The van der Waals surface area contributed by atoms with Gasteiger partial charge in [0.25, 0.3) is 0 Å². The number of cyclic esters (lactones) is 1. The van der Waals surface area contributed by atoms with Crippen LogP contribution in [0.2, 0.25) is 5.02 Å². The maximum Gasteiger partial charge on any atom is 0.363 e. The number of hydrogen-bond donors (Lipinski definition) is 0. The molecule has 0 radical (unpaired) electrons. The van der Waals surface area contributed by atoms with Crippen LogP contribution < -0.4 is 4.74 Å². The molecule has 0 atom stereocenters. The highest BCUT2D eigenvalue weighted by Crippen LogP contribution is 2.25. The molecule has 1 aliphatic rings. The van der Waals surface area contributed by atoms with Crippen LogP contribution in [0.3, 0.4) is 0 Å². The normalized spacial score (nSPS) is 15.0. The van der Waals surface area contributed by atoms with Gasteiger partial charge in [-0.2, -0.15) is 0 Å². The second-order valence-corrected chi connectivity index (χ2v) is 7.01. The first kappa shape index (κ1) is 18.6. The van der Waals surface area contributed by atoms with Crippen molar-refractivity contribution in [2.24, 2.45) is 4.99 Å². The van der Waals surface area contributed by atoms with E-state index in [1.165, 1.54) is 0 Å². The molecule has 5 nitrogen and oxygen atoms in total. The van der Waals surface area contributed by atoms with E-state index in [2.05, 4.69) is 27.6 Å². The van der Waals surface area contributed by atoms with Gasteiger partial charge in [-0.05, 0) is 64.6 Å². The fourth-order valence-corrected chi connectivity index (χ4v) is 2.87. The van der Waals surface area contributed by atoms with Crippen molar-refractivity contribution in [3.05, 3.63) is 67.9 Å². The van der Waals surface area contributed by atoms with Gasteiger partial charge in [0.05, 0.1) is 10.6 Å². The SMILES string of the molecule is CCC(=O)Oc1ccc(/C=C2\N=C(c3cc(I)ccc3Cl)OC2=O)cc1. The zero-order chi connectivity index (χ0) is 18.7. The van der Waals surface area contributed by atoms with Crippen molar-refractivity contribution in [2.75, 3.05) is 0 Å². The number of rotatable bonds is 4. The Morgan fingerprint density at radius 2 is 2.00 bits per heavy atom. The second kappa shape index (κ2) is 8.01. The Kier molecular flexibility index (Phi) is 5.73. The monoisotopic (exact) mass is 481 g/mol. The van der Waals surface area contributed by atoms with E-state index >= 15 is 0 Å².